The van der Waals surface area contributed by atoms with E-state index in [0.29, 0.717) is 24.7 Å². The predicted octanol–water partition coefficient (Wildman–Crippen LogP) is 4.51. The molecule has 1 amide bonds. The van der Waals surface area contributed by atoms with E-state index < -0.39 is 13.8 Å². The van der Waals surface area contributed by atoms with Gasteiger partial charge in [0, 0.05) is 31.5 Å². The molecule has 0 saturated carbocycles. The van der Waals surface area contributed by atoms with Crippen LogP contribution in [0.25, 0.3) is 0 Å². The van der Waals surface area contributed by atoms with E-state index in [1.54, 1.807) is 13.1 Å². The van der Waals surface area contributed by atoms with Crippen molar-refractivity contribution in [2.45, 2.75) is 39.7 Å². The normalized spacial score (nSPS) is 21.7. The van der Waals surface area contributed by atoms with Crippen LogP contribution in [0.4, 0.5) is 4.79 Å². The van der Waals surface area contributed by atoms with E-state index in [-0.39, 0.29) is 11.0 Å². The van der Waals surface area contributed by atoms with Crippen molar-refractivity contribution >= 4 is 26.0 Å². The monoisotopic (exact) mass is 430 g/mol. The van der Waals surface area contributed by atoms with E-state index in [2.05, 4.69) is 0 Å². The van der Waals surface area contributed by atoms with Crippen molar-refractivity contribution in [3.8, 4) is 11.5 Å². The Morgan fingerprint density at radius 2 is 1.82 bits per heavy atom. The van der Waals surface area contributed by atoms with Gasteiger partial charge in [-0.05, 0) is 19.9 Å². The van der Waals surface area contributed by atoms with Crippen molar-refractivity contribution in [1.82, 2.24) is 8.38 Å². The number of amides is 1. The average molecular weight is 430 g/mol. The molecule has 1 aromatic carbocycles. The largest absolute Gasteiger partial charge is 0.483 e. The standard InChI is InChI=1S/C18H27N2O6PS/c1-17(2)11-23-27(22,24-12-17)20(6)28-19(5)16(21)25-14-9-7-8-13-10-18(3,4)26-15(13)14/h7-9H,10-12H2,1-6H3. The number of hydrogen-bond donors (Lipinski definition) is 0. The van der Waals surface area contributed by atoms with Gasteiger partial charge in [0.25, 0.3) is 0 Å². The second kappa shape index (κ2) is 7.54. The molecule has 0 unspecified atom stereocenters. The lowest BCUT2D eigenvalue weighted by Gasteiger charge is -2.37. The van der Waals surface area contributed by atoms with E-state index in [1.165, 1.54) is 15.4 Å². The van der Waals surface area contributed by atoms with Crippen molar-refractivity contribution in [3.05, 3.63) is 23.8 Å². The van der Waals surface area contributed by atoms with Crippen LogP contribution in [0.2, 0.25) is 0 Å². The Hall–Kier alpha value is -1.25. The fourth-order valence-electron chi connectivity index (χ4n) is 2.84. The highest BCUT2D eigenvalue weighted by atomic mass is 32.2. The number of carbonyl (C=O) groups is 1. The Labute approximate surface area is 170 Å². The number of benzene rings is 1. The minimum Gasteiger partial charge on any atom is -0.483 e. The minimum absolute atomic E-state index is 0.203. The van der Waals surface area contributed by atoms with Gasteiger partial charge in [-0.15, -0.1) is 4.08 Å². The third-order valence-corrected chi connectivity index (χ3v) is 7.38. The van der Waals surface area contributed by atoms with Gasteiger partial charge in [-0.3, -0.25) is 9.05 Å². The Bertz CT molecular complexity index is 801. The molecule has 3 rings (SSSR count). The number of fused-ring (bicyclic) bond motifs is 1. The number of hydrogen-bond acceptors (Lipinski definition) is 7. The van der Waals surface area contributed by atoms with Crippen molar-refractivity contribution in [2.24, 2.45) is 5.41 Å². The lowest BCUT2D eigenvalue weighted by atomic mass is 9.97. The Morgan fingerprint density at radius 3 is 2.46 bits per heavy atom. The Morgan fingerprint density at radius 1 is 1.18 bits per heavy atom. The molecule has 0 N–H and O–H groups in total. The number of ether oxygens (including phenoxy) is 2. The molecule has 0 atom stereocenters. The molecular formula is C18H27N2O6PS. The van der Waals surface area contributed by atoms with Gasteiger partial charge in [-0.25, -0.2) is 13.7 Å². The fourth-order valence-corrected chi connectivity index (χ4v) is 5.69. The maximum absolute atomic E-state index is 12.8. The second-order valence-electron chi connectivity index (χ2n) is 8.37. The van der Waals surface area contributed by atoms with Gasteiger partial charge < -0.3 is 9.47 Å². The van der Waals surface area contributed by atoms with Crippen molar-refractivity contribution in [1.29, 1.82) is 0 Å². The summed E-state index contributed by atoms with van der Waals surface area (Å²) in [4.78, 5) is 12.5. The number of para-hydroxylation sites is 1. The minimum atomic E-state index is -3.47. The maximum atomic E-state index is 12.8. The lowest BCUT2D eigenvalue weighted by Crippen LogP contribution is -2.34. The first kappa shape index (κ1) is 21.5. The van der Waals surface area contributed by atoms with Gasteiger partial charge in [-0.1, -0.05) is 26.0 Å². The number of nitrogens with zero attached hydrogens (tertiary/aromatic N) is 2. The highest BCUT2D eigenvalue weighted by Gasteiger charge is 2.41. The molecule has 0 aromatic heterocycles. The average Bonchev–Trinajstić information content (AvgIpc) is 2.92. The number of rotatable bonds is 4. The van der Waals surface area contributed by atoms with Crippen LogP contribution in [0.15, 0.2) is 18.2 Å². The number of carbonyl (C=O) groups excluding carboxylic acids is 1. The molecule has 156 valence electrons. The first-order valence-electron chi connectivity index (χ1n) is 8.99. The highest BCUT2D eigenvalue weighted by molar-refractivity contribution is 7.99. The first-order valence-corrected chi connectivity index (χ1v) is 11.2. The van der Waals surface area contributed by atoms with Crippen LogP contribution in [-0.2, 0) is 20.0 Å². The SMILES string of the molecule is CN(SN(C)P1(=O)OCC(C)(C)CO1)C(=O)Oc1cccc2c1OC(C)(C)C2. The third kappa shape index (κ3) is 4.66. The van der Waals surface area contributed by atoms with Crippen LogP contribution in [-0.4, -0.2) is 47.4 Å². The summed E-state index contributed by atoms with van der Waals surface area (Å²) in [6.45, 7) is 8.53. The summed E-state index contributed by atoms with van der Waals surface area (Å²) in [6, 6.07) is 5.48. The summed E-state index contributed by atoms with van der Waals surface area (Å²) in [5, 5.41) is 0. The topological polar surface area (TPSA) is 77.5 Å². The van der Waals surface area contributed by atoms with Crippen LogP contribution in [0.5, 0.6) is 11.5 Å². The van der Waals surface area contributed by atoms with Crippen LogP contribution in [0, 0.1) is 5.41 Å². The smallest absolute Gasteiger partial charge is 0.426 e. The zero-order chi connectivity index (χ0) is 20.7. The summed E-state index contributed by atoms with van der Waals surface area (Å²) in [6.07, 6.45) is 0.123. The van der Waals surface area contributed by atoms with Crippen LogP contribution < -0.4 is 9.47 Å². The van der Waals surface area contributed by atoms with Gasteiger partial charge in [0.15, 0.2) is 11.5 Å². The molecule has 0 radical (unpaired) electrons. The second-order valence-corrected chi connectivity index (χ2v) is 12.0. The molecule has 10 heteroatoms. The molecule has 8 nitrogen and oxygen atoms in total. The highest BCUT2D eigenvalue weighted by Crippen LogP contribution is 2.58. The molecule has 0 bridgehead atoms. The molecular weight excluding hydrogens is 403 g/mol. The molecule has 1 fully saturated rings. The quantitative estimate of drug-likeness (QED) is 0.510. The van der Waals surface area contributed by atoms with Gasteiger partial charge in [0.05, 0.1) is 25.3 Å². The Balaban J connectivity index is 1.62. The molecule has 2 aliphatic heterocycles. The fraction of sp³-hybridized carbons (Fsp3) is 0.611. The molecule has 0 aliphatic carbocycles. The zero-order valence-electron chi connectivity index (χ0n) is 17.1. The summed E-state index contributed by atoms with van der Waals surface area (Å²) < 4.78 is 37.7. The maximum Gasteiger partial charge on any atom is 0.426 e. The molecule has 2 heterocycles. The third-order valence-electron chi connectivity index (χ3n) is 4.33. The summed E-state index contributed by atoms with van der Waals surface area (Å²) in [5.74, 6) is 0.948. The van der Waals surface area contributed by atoms with Crippen LogP contribution in [0.3, 0.4) is 0 Å². The van der Waals surface area contributed by atoms with Gasteiger partial charge in [0.1, 0.15) is 5.60 Å². The summed E-state index contributed by atoms with van der Waals surface area (Å²) >= 11 is 0.904. The molecule has 0 spiro atoms. The van der Waals surface area contributed by atoms with Gasteiger partial charge in [-0.2, -0.15) is 0 Å². The van der Waals surface area contributed by atoms with Crippen LogP contribution >= 0.6 is 19.9 Å². The summed E-state index contributed by atoms with van der Waals surface area (Å²) in [7, 11) is -0.388. The summed E-state index contributed by atoms with van der Waals surface area (Å²) in [5.41, 5.74) is 0.457. The molecule has 1 saturated heterocycles. The van der Waals surface area contributed by atoms with Crippen LogP contribution in [0.1, 0.15) is 33.3 Å². The van der Waals surface area contributed by atoms with Gasteiger partial charge >= 0.3 is 13.8 Å². The molecule has 1 aromatic rings. The van der Waals surface area contributed by atoms with E-state index in [9.17, 15) is 9.36 Å². The van der Waals surface area contributed by atoms with Gasteiger partial charge in [0.2, 0.25) is 0 Å². The van der Waals surface area contributed by atoms with E-state index >= 15 is 0 Å². The van der Waals surface area contributed by atoms with Crippen molar-refractivity contribution in [2.75, 3.05) is 27.3 Å². The van der Waals surface area contributed by atoms with E-state index in [4.69, 9.17) is 18.5 Å². The van der Waals surface area contributed by atoms with Crippen molar-refractivity contribution in [3.63, 3.8) is 0 Å². The first-order chi connectivity index (χ1) is 12.9. The Kier molecular flexibility index (Phi) is 5.78. The predicted molar refractivity (Wildman–Crippen MR) is 107 cm³/mol. The molecule has 28 heavy (non-hydrogen) atoms. The zero-order valence-corrected chi connectivity index (χ0v) is 18.8. The lowest BCUT2D eigenvalue weighted by molar-refractivity contribution is 0.0314. The van der Waals surface area contributed by atoms with Crippen molar-refractivity contribution < 1.29 is 27.9 Å². The molecule has 2 aliphatic rings. The van der Waals surface area contributed by atoms with E-state index in [1.807, 2.05) is 39.8 Å². The van der Waals surface area contributed by atoms with E-state index in [0.717, 1.165) is 24.1 Å².